The van der Waals surface area contributed by atoms with Crippen LogP contribution in [0.2, 0.25) is 0 Å². The molecule has 0 aliphatic rings. The minimum absolute atomic E-state index is 0.0144. The smallest absolute Gasteiger partial charge is 0.123 e. The van der Waals surface area contributed by atoms with Crippen LogP contribution in [0.25, 0.3) is 0 Å². The topological polar surface area (TPSA) is 49.7 Å². The molecule has 1 aromatic rings. The summed E-state index contributed by atoms with van der Waals surface area (Å²) in [5.74, 6) is 0.894. The van der Waals surface area contributed by atoms with Crippen molar-refractivity contribution in [1.29, 1.82) is 0 Å². The molecule has 0 aromatic heterocycles. The van der Waals surface area contributed by atoms with E-state index >= 15 is 0 Å². The summed E-state index contributed by atoms with van der Waals surface area (Å²) in [6.45, 7) is 2.43. The van der Waals surface area contributed by atoms with Gasteiger partial charge in [-0.15, -0.1) is 0 Å². The minimum atomic E-state index is -0.0144. The van der Waals surface area contributed by atoms with Crippen LogP contribution < -0.4 is 4.74 Å². The van der Waals surface area contributed by atoms with Crippen LogP contribution in [0.15, 0.2) is 18.2 Å². The second kappa shape index (κ2) is 7.96. The molecule has 3 heteroatoms. The van der Waals surface area contributed by atoms with E-state index in [1.54, 1.807) is 6.07 Å². The number of aliphatic hydroxyl groups is 1. The van der Waals surface area contributed by atoms with Gasteiger partial charge in [-0.05, 0) is 24.5 Å². The highest BCUT2D eigenvalue weighted by Crippen LogP contribution is 2.25. The van der Waals surface area contributed by atoms with Crippen molar-refractivity contribution in [3.05, 3.63) is 23.8 Å². The predicted molar refractivity (Wildman–Crippen MR) is 68.5 cm³/mol. The number of aliphatic hydroxyl groups excluding tert-OH is 1. The summed E-state index contributed by atoms with van der Waals surface area (Å²) in [6.07, 6.45) is 5.70. The number of rotatable bonds is 8. The fourth-order valence-corrected chi connectivity index (χ4v) is 1.75. The summed E-state index contributed by atoms with van der Waals surface area (Å²) in [4.78, 5) is 0. The van der Waals surface area contributed by atoms with Crippen molar-refractivity contribution in [2.24, 2.45) is 0 Å². The van der Waals surface area contributed by atoms with Gasteiger partial charge in [0.15, 0.2) is 0 Å². The number of benzene rings is 1. The molecule has 96 valence electrons. The van der Waals surface area contributed by atoms with Gasteiger partial charge >= 0.3 is 0 Å². The van der Waals surface area contributed by atoms with Gasteiger partial charge in [-0.3, -0.25) is 0 Å². The van der Waals surface area contributed by atoms with Crippen LogP contribution in [-0.4, -0.2) is 23.4 Å². The molecule has 0 atom stereocenters. The normalized spacial score (nSPS) is 10.5. The Labute approximate surface area is 103 Å². The average Bonchev–Trinajstić information content (AvgIpc) is 2.34. The molecular formula is C14H22O3. The number of hydrogen-bond acceptors (Lipinski definition) is 3. The van der Waals surface area contributed by atoms with Crippen molar-refractivity contribution in [1.82, 2.24) is 0 Å². The Bertz CT molecular complexity index is 323. The van der Waals surface area contributed by atoms with Crippen LogP contribution in [0.5, 0.6) is 11.5 Å². The van der Waals surface area contributed by atoms with E-state index in [0.717, 1.165) is 18.4 Å². The molecule has 0 aliphatic heterocycles. The monoisotopic (exact) mass is 238 g/mol. The molecule has 0 radical (unpaired) electrons. The Morgan fingerprint density at radius 3 is 2.65 bits per heavy atom. The van der Waals surface area contributed by atoms with Crippen LogP contribution in [0.1, 0.15) is 38.2 Å². The number of hydrogen-bond donors (Lipinski definition) is 2. The lowest BCUT2D eigenvalue weighted by atomic mass is 10.1. The molecule has 0 saturated heterocycles. The van der Waals surface area contributed by atoms with Gasteiger partial charge in [0.05, 0.1) is 6.61 Å². The van der Waals surface area contributed by atoms with Gasteiger partial charge < -0.3 is 14.9 Å². The lowest BCUT2D eigenvalue weighted by Crippen LogP contribution is -2.01. The number of aryl methyl sites for hydroxylation is 1. The maximum atomic E-state index is 9.80. The largest absolute Gasteiger partial charge is 0.508 e. The van der Waals surface area contributed by atoms with Gasteiger partial charge in [-0.2, -0.15) is 0 Å². The quantitative estimate of drug-likeness (QED) is 0.685. The van der Waals surface area contributed by atoms with Crippen molar-refractivity contribution in [3.8, 4) is 11.5 Å². The Morgan fingerprint density at radius 1 is 1.18 bits per heavy atom. The first kappa shape index (κ1) is 13.8. The van der Waals surface area contributed by atoms with E-state index in [4.69, 9.17) is 9.84 Å². The van der Waals surface area contributed by atoms with E-state index in [1.807, 2.05) is 12.1 Å². The van der Waals surface area contributed by atoms with Gasteiger partial charge in [0.1, 0.15) is 18.1 Å². The minimum Gasteiger partial charge on any atom is -0.508 e. The zero-order valence-electron chi connectivity index (χ0n) is 10.5. The molecule has 0 unspecified atom stereocenters. The Morgan fingerprint density at radius 2 is 2.00 bits per heavy atom. The second-order valence-electron chi connectivity index (χ2n) is 4.17. The molecule has 1 aromatic carbocycles. The molecule has 0 heterocycles. The fourth-order valence-electron chi connectivity index (χ4n) is 1.75. The molecule has 0 spiro atoms. The van der Waals surface area contributed by atoms with Crippen molar-refractivity contribution in [2.45, 2.75) is 39.0 Å². The van der Waals surface area contributed by atoms with Gasteiger partial charge in [0.2, 0.25) is 0 Å². The molecule has 0 amide bonds. The van der Waals surface area contributed by atoms with Crippen LogP contribution in [0.4, 0.5) is 0 Å². The van der Waals surface area contributed by atoms with Crippen LogP contribution >= 0.6 is 0 Å². The highest BCUT2D eigenvalue weighted by Gasteiger charge is 2.03. The first-order valence-electron chi connectivity index (χ1n) is 6.33. The summed E-state index contributed by atoms with van der Waals surface area (Å²) in [6, 6.07) is 5.35. The lowest BCUT2D eigenvalue weighted by molar-refractivity contribution is 0.201. The maximum absolute atomic E-state index is 9.80. The average molecular weight is 238 g/mol. The number of aromatic hydroxyl groups is 1. The molecule has 0 bridgehead atoms. The predicted octanol–water partition coefficient (Wildman–Crippen LogP) is 2.89. The maximum Gasteiger partial charge on any atom is 0.123 e. The van der Waals surface area contributed by atoms with Crippen molar-refractivity contribution in [2.75, 3.05) is 13.2 Å². The highest BCUT2D eigenvalue weighted by molar-refractivity contribution is 5.39. The Kier molecular flexibility index (Phi) is 6.48. The molecule has 2 N–H and O–H groups in total. The van der Waals surface area contributed by atoms with E-state index in [0.29, 0.717) is 5.75 Å². The summed E-state index contributed by atoms with van der Waals surface area (Å²) >= 11 is 0. The van der Waals surface area contributed by atoms with Crippen molar-refractivity contribution in [3.63, 3.8) is 0 Å². The Balaban J connectivity index is 2.45. The van der Waals surface area contributed by atoms with Crippen molar-refractivity contribution >= 4 is 0 Å². The van der Waals surface area contributed by atoms with Crippen LogP contribution in [0.3, 0.4) is 0 Å². The third-order valence-corrected chi connectivity index (χ3v) is 2.72. The van der Waals surface area contributed by atoms with Gasteiger partial charge in [-0.1, -0.05) is 32.3 Å². The zero-order valence-corrected chi connectivity index (χ0v) is 10.5. The molecule has 17 heavy (non-hydrogen) atoms. The number of ether oxygens (including phenoxy) is 1. The summed E-state index contributed by atoms with van der Waals surface area (Å²) in [5, 5.41) is 18.4. The lowest BCUT2D eigenvalue weighted by Gasteiger charge is -2.08. The fraction of sp³-hybridized carbons (Fsp3) is 0.571. The van der Waals surface area contributed by atoms with Crippen LogP contribution in [0, 0.1) is 0 Å². The van der Waals surface area contributed by atoms with E-state index in [1.165, 1.54) is 19.3 Å². The first-order chi connectivity index (χ1) is 8.27. The molecular weight excluding hydrogens is 216 g/mol. The molecule has 0 aliphatic carbocycles. The van der Waals surface area contributed by atoms with Crippen LogP contribution in [-0.2, 0) is 6.42 Å². The van der Waals surface area contributed by atoms with E-state index < -0.39 is 0 Å². The van der Waals surface area contributed by atoms with E-state index in [-0.39, 0.29) is 19.0 Å². The number of phenolic OH excluding ortho intramolecular Hbond substituents is 1. The van der Waals surface area contributed by atoms with Gasteiger partial charge in [0.25, 0.3) is 0 Å². The molecule has 0 saturated carbocycles. The van der Waals surface area contributed by atoms with Gasteiger partial charge in [-0.25, -0.2) is 0 Å². The molecule has 3 nitrogen and oxygen atoms in total. The first-order valence-corrected chi connectivity index (χ1v) is 6.33. The number of phenols is 1. The summed E-state index contributed by atoms with van der Waals surface area (Å²) in [5.41, 5.74) is 0.970. The standard InChI is InChI=1S/C14H22O3/c1-2-3-4-5-6-12-7-8-13(11-14(12)16)17-10-9-15/h7-8,11,15-16H,2-6,9-10H2,1H3. The van der Waals surface area contributed by atoms with Crippen molar-refractivity contribution < 1.29 is 14.9 Å². The molecule has 1 rings (SSSR count). The third kappa shape index (κ3) is 5.09. The molecule has 0 fully saturated rings. The van der Waals surface area contributed by atoms with E-state index in [9.17, 15) is 5.11 Å². The number of unbranched alkanes of at least 4 members (excludes halogenated alkanes) is 3. The van der Waals surface area contributed by atoms with Gasteiger partial charge in [0, 0.05) is 6.07 Å². The third-order valence-electron chi connectivity index (χ3n) is 2.72. The Hall–Kier alpha value is -1.22. The SMILES string of the molecule is CCCCCCc1ccc(OCCO)cc1O. The summed E-state index contributed by atoms with van der Waals surface area (Å²) in [7, 11) is 0. The van der Waals surface area contributed by atoms with E-state index in [2.05, 4.69) is 6.92 Å². The summed E-state index contributed by atoms with van der Waals surface area (Å²) < 4.78 is 5.22. The second-order valence-corrected chi connectivity index (χ2v) is 4.17. The highest BCUT2D eigenvalue weighted by atomic mass is 16.5. The zero-order chi connectivity index (χ0) is 12.5.